The Hall–Kier alpha value is -1.09. The van der Waals surface area contributed by atoms with E-state index in [9.17, 15) is 0 Å². The molecule has 2 aromatic heterocycles. The van der Waals surface area contributed by atoms with Gasteiger partial charge in [-0.25, -0.2) is 0 Å². The molecular formula is C16H26IN5S. The van der Waals surface area contributed by atoms with E-state index in [0.29, 0.717) is 5.92 Å². The molecule has 0 aliphatic heterocycles. The molecule has 0 bridgehead atoms. The van der Waals surface area contributed by atoms with E-state index in [1.165, 1.54) is 11.3 Å². The Bertz CT molecular complexity index is 606. The molecule has 2 N–H and O–H groups in total. The van der Waals surface area contributed by atoms with Crippen LogP contribution in [0.5, 0.6) is 0 Å². The fourth-order valence-corrected chi connectivity index (χ4v) is 2.96. The molecule has 0 saturated carbocycles. The van der Waals surface area contributed by atoms with Gasteiger partial charge in [-0.1, -0.05) is 6.92 Å². The van der Waals surface area contributed by atoms with Crippen molar-refractivity contribution in [3.05, 3.63) is 39.8 Å². The van der Waals surface area contributed by atoms with Crippen LogP contribution in [0.3, 0.4) is 0 Å². The van der Waals surface area contributed by atoms with Gasteiger partial charge in [0, 0.05) is 32.4 Å². The number of nitrogens with one attached hydrogen (secondary N) is 2. The third kappa shape index (κ3) is 6.50. The molecule has 0 spiro atoms. The molecule has 0 radical (unpaired) electrons. The number of aromatic nitrogens is 2. The zero-order valence-corrected chi connectivity index (χ0v) is 17.3. The first-order valence-electron chi connectivity index (χ1n) is 7.55. The smallest absolute Gasteiger partial charge is 0.191 e. The van der Waals surface area contributed by atoms with Crippen molar-refractivity contribution in [1.82, 2.24) is 20.4 Å². The Kier molecular flexibility index (Phi) is 8.60. The molecule has 0 amide bonds. The van der Waals surface area contributed by atoms with E-state index >= 15 is 0 Å². The third-order valence-corrected chi connectivity index (χ3v) is 4.20. The van der Waals surface area contributed by atoms with Crippen molar-refractivity contribution in [1.29, 1.82) is 0 Å². The van der Waals surface area contributed by atoms with Crippen LogP contribution in [-0.4, -0.2) is 29.3 Å². The third-order valence-electron chi connectivity index (χ3n) is 3.47. The summed E-state index contributed by atoms with van der Waals surface area (Å²) in [5.41, 5.74) is 3.57. The first-order chi connectivity index (χ1) is 10.6. The van der Waals surface area contributed by atoms with Gasteiger partial charge >= 0.3 is 0 Å². The van der Waals surface area contributed by atoms with Crippen LogP contribution in [0, 0.1) is 19.8 Å². The van der Waals surface area contributed by atoms with E-state index in [0.717, 1.165) is 31.3 Å². The molecule has 0 aromatic carbocycles. The Morgan fingerprint density at radius 3 is 2.74 bits per heavy atom. The van der Waals surface area contributed by atoms with Crippen LogP contribution in [0.15, 0.2) is 27.9 Å². The number of guanidine groups is 1. The molecule has 1 atom stereocenters. The zero-order valence-electron chi connectivity index (χ0n) is 14.2. The lowest BCUT2D eigenvalue weighted by Crippen LogP contribution is -2.39. The van der Waals surface area contributed by atoms with Crippen molar-refractivity contribution >= 4 is 41.3 Å². The van der Waals surface area contributed by atoms with Crippen LogP contribution >= 0.6 is 35.3 Å². The van der Waals surface area contributed by atoms with Crippen LogP contribution in [0.4, 0.5) is 0 Å². The van der Waals surface area contributed by atoms with Gasteiger partial charge < -0.3 is 10.6 Å². The molecule has 5 nitrogen and oxygen atoms in total. The Morgan fingerprint density at radius 1 is 1.39 bits per heavy atom. The summed E-state index contributed by atoms with van der Waals surface area (Å²) in [6.07, 6.45) is 0. The number of halogens is 1. The summed E-state index contributed by atoms with van der Waals surface area (Å²) in [6, 6.07) is 4.23. The predicted molar refractivity (Wildman–Crippen MR) is 109 cm³/mol. The Balaban J connectivity index is 0.00000264. The number of hydrogen-bond donors (Lipinski definition) is 2. The molecule has 23 heavy (non-hydrogen) atoms. The maximum atomic E-state index is 4.51. The molecule has 0 aliphatic rings. The molecule has 1 unspecified atom stereocenters. The summed E-state index contributed by atoms with van der Waals surface area (Å²) in [5.74, 6) is 1.31. The van der Waals surface area contributed by atoms with Gasteiger partial charge in [0.1, 0.15) is 0 Å². The van der Waals surface area contributed by atoms with Gasteiger partial charge in [-0.05, 0) is 48.2 Å². The lowest BCUT2D eigenvalue weighted by Gasteiger charge is -2.16. The highest BCUT2D eigenvalue weighted by molar-refractivity contribution is 14.0. The normalized spacial score (nSPS) is 12.6. The highest BCUT2D eigenvalue weighted by Gasteiger charge is 2.08. The lowest BCUT2D eigenvalue weighted by atomic mass is 10.2. The maximum Gasteiger partial charge on any atom is 0.191 e. The fourth-order valence-electron chi connectivity index (χ4n) is 2.29. The van der Waals surface area contributed by atoms with Crippen molar-refractivity contribution in [2.45, 2.75) is 33.9 Å². The van der Waals surface area contributed by atoms with E-state index in [4.69, 9.17) is 0 Å². The van der Waals surface area contributed by atoms with Crippen molar-refractivity contribution in [3.8, 4) is 0 Å². The maximum absolute atomic E-state index is 4.51. The number of aliphatic imine (C=N–C) groups is 1. The molecule has 0 aliphatic carbocycles. The average molecular weight is 447 g/mol. The second-order valence-electron chi connectivity index (χ2n) is 5.65. The van der Waals surface area contributed by atoms with Gasteiger partial charge in [0.15, 0.2) is 5.96 Å². The van der Waals surface area contributed by atoms with E-state index in [1.54, 1.807) is 18.4 Å². The number of hydrogen-bond acceptors (Lipinski definition) is 3. The standard InChI is InChI=1S/C16H25N5S.HI/c1-12(10-21-14(3)7-13(2)20-21)8-18-16(17-4)19-9-15-5-6-22-11-15;/h5-7,11-12H,8-10H2,1-4H3,(H2,17,18,19);1H. The summed E-state index contributed by atoms with van der Waals surface area (Å²) in [5, 5.41) is 15.5. The van der Waals surface area contributed by atoms with E-state index in [2.05, 4.69) is 62.1 Å². The van der Waals surface area contributed by atoms with Crippen LogP contribution in [0.25, 0.3) is 0 Å². The summed E-state index contributed by atoms with van der Waals surface area (Å²) in [4.78, 5) is 4.26. The van der Waals surface area contributed by atoms with Crippen molar-refractivity contribution in [2.24, 2.45) is 10.9 Å². The van der Waals surface area contributed by atoms with E-state index < -0.39 is 0 Å². The summed E-state index contributed by atoms with van der Waals surface area (Å²) >= 11 is 1.71. The van der Waals surface area contributed by atoms with Crippen LogP contribution in [-0.2, 0) is 13.1 Å². The van der Waals surface area contributed by atoms with Gasteiger partial charge in [0.2, 0.25) is 0 Å². The summed E-state index contributed by atoms with van der Waals surface area (Å²) in [7, 11) is 1.80. The van der Waals surface area contributed by atoms with Crippen molar-refractivity contribution in [2.75, 3.05) is 13.6 Å². The van der Waals surface area contributed by atoms with E-state index in [1.807, 2.05) is 6.92 Å². The molecule has 7 heteroatoms. The summed E-state index contributed by atoms with van der Waals surface area (Å²) in [6.45, 7) is 8.92. The van der Waals surface area contributed by atoms with E-state index in [-0.39, 0.29) is 24.0 Å². The molecule has 2 heterocycles. The number of rotatable bonds is 6. The minimum Gasteiger partial charge on any atom is -0.356 e. The second-order valence-corrected chi connectivity index (χ2v) is 6.43. The minimum atomic E-state index is 0. The number of aryl methyl sites for hydroxylation is 2. The fraction of sp³-hybridized carbons (Fsp3) is 0.500. The molecule has 128 valence electrons. The zero-order chi connectivity index (χ0) is 15.9. The Morgan fingerprint density at radius 2 is 2.17 bits per heavy atom. The highest BCUT2D eigenvalue weighted by atomic mass is 127. The van der Waals surface area contributed by atoms with Gasteiger partial charge in [-0.2, -0.15) is 16.4 Å². The van der Waals surface area contributed by atoms with Gasteiger partial charge in [-0.3, -0.25) is 9.67 Å². The average Bonchev–Trinajstić information content (AvgIpc) is 3.09. The van der Waals surface area contributed by atoms with Gasteiger partial charge in [0.25, 0.3) is 0 Å². The topological polar surface area (TPSA) is 54.2 Å². The predicted octanol–water partition coefficient (Wildman–Crippen LogP) is 3.18. The quantitative estimate of drug-likeness (QED) is 0.407. The van der Waals surface area contributed by atoms with Crippen LogP contribution in [0.1, 0.15) is 23.9 Å². The van der Waals surface area contributed by atoms with Crippen molar-refractivity contribution in [3.63, 3.8) is 0 Å². The SMILES string of the molecule is CN=C(NCc1ccsc1)NCC(C)Cn1nc(C)cc1C.I. The Labute approximate surface area is 159 Å². The second kappa shape index (κ2) is 9.92. The highest BCUT2D eigenvalue weighted by Crippen LogP contribution is 2.06. The molecule has 2 aromatic rings. The lowest BCUT2D eigenvalue weighted by molar-refractivity contribution is 0.436. The molecule has 0 saturated heterocycles. The van der Waals surface area contributed by atoms with Crippen molar-refractivity contribution < 1.29 is 0 Å². The largest absolute Gasteiger partial charge is 0.356 e. The first kappa shape index (κ1) is 20.0. The molecule has 2 rings (SSSR count). The first-order valence-corrected chi connectivity index (χ1v) is 8.49. The van der Waals surface area contributed by atoms with Crippen LogP contribution in [0.2, 0.25) is 0 Å². The minimum absolute atomic E-state index is 0. The monoisotopic (exact) mass is 447 g/mol. The molecular weight excluding hydrogens is 421 g/mol. The molecule has 0 fully saturated rings. The van der Waals surface area contributed by atoms with Gasteiger partial charge in [-0.15, -0.1) is 24.0 Å². The number of nitrogens with zero attached hydrogens (tertiary/aromatic N) is 3. The summed E-state index contributed by atoms with van der Waals surface area (Å²) < 4.78 is 2.07. The van der Waals surface area contributed by atoms with Gasteiger partial charge in [0.05, 0.1) is 5.69 Å². The number of thiophene rings is 1. The van der Waals surface area contributed by atoms with Crippen LogP contribution < -0.4 is 10.6 Å².